The molecule has 1 amide bonds. The van der Waals surface area contributed by atoms with Gasteiger partial charge in [0.05, 0.1) is 19.8 Å². The highest BCUT2D eigenvalue weighted by Crippen LogP contribution is 2.27. The first-order chi connectivity index (χ1) is 11.2. The number of morpholine rings is 1. The SMILES string of the molecule is CC[C@@H]1CN(C(=O)c2csc(COC)n2)C[C@H]1N1CCOCC1. The molecule has 7 heteroatoms. The Morgan fingerprint density at radius 2 is 2.22 bits per heavy atom. The third-order valence-corrected chi connectivity index (χ3v) is 5.59. The summed E-state index contributed by atoms with van der Waals surface area (Å²) < 4.78 is 10.5. The van der Waals surface area contributed by atoms with E-state index in [9.17, 15) is 4.79 Å². The number of amides is 1. The zero-order chi connectivity index (χ0) is 16.2. The number of thiazole rings is 1. The molecule has 6 nitrogen and oxygen atoms in total. The molecule has 0 N–H and O–H groups in total. The van der Waals surface area contributed by atoms with E-state index in [4.69, 9.17) is 9.47 Å². The summed E-state index contributed by atoms with van der Waals surface area (Å²) in [6.07, 6.45) is 1.10. The first-order valence-corrected chi connectivity index (χ1v) is 9.15. The van der Waals surface area contributed by atoms with Gasteiger partial charge in [-0.25, -0.2) is 4.98 Å². The van der Waals surface area contributed by atoms with Crippen molar-refractivity contribution in [1.82, 2.24) is 14.8 Å². The Labute approximate surface area is 141 Å². The van der Waals surface area contributed by atoms with Crippen LogP contribution in [0.15, 0.2) is 5.38 Å². The lowest BCUT2D eigenvalue weighted by molar-refractivity contribution is 0.0102. The average Bonchev–Trinajstić information content (AvgIpc) is 3.22. The Balaban J connectivity index is 1.66. The quantitative estimate of drug-likeness (QED) is 0.813. The van der Waals surface area contributed by atoms with Gasteiger partial charge < -0.3 is 14.4 Å². The van der Waals surface area contributed by atoms with Crippen LogP contribution in [0.4, 0.5) is 0 Å². The van der Waals surface area contributed by atoms with E-state index in [2.05, 4.69) is 16.8 Å². The van der Waals surface area contributed by atoms with Gasteiger partial charge in [0.25, 0.3) is 5.91 Å². The third kappa shape index (κ3) is 3.74. The molecule has 3 rings (SSSR count). The van der Waals surface area contributed by atoms with E-state index < -0.39 is 0 Å². The maximum atomic E-state index is 12.7. The Bertz CT molecular complexity index is 530. The van der Waals surface area contributed by atoms with Crippen LogP contribution in [0, 0.1) is 5.92 Å². The number of aromatic nitrogens is 1. The van der Waals surface area contributed by atoms with Crippen LogP contribution in [0.3, 0.4) is 0 Å². The van der Waals surface area contributed by atoms with Crippen molar-refractivity contribution in [2.24, 2.45) is 5.92 Å². The number of hydrogen-bond donors (Lipinski definition) is 0. The number of hydrogen-bond acceptors (Lipinski definition) is 6. The molecule has 0 radical (unpaired) electrons. The minimum Gasteiger partial charge on any atom is -0.379 e. The van der Waals surface area contributed by atoms with Crippen molar-refractivity contribution < 1.29 is 14.3 Å². The van der Waals surface area contributed by atoms with Crippen LogP contribution in [0.25, 0.3) is 0 Å². The summed E-state index contributed by atoms with van der Waals surface area (Å²) in [5.41, 5.74) is 0.555. The lowest BCUT2D eigenvalue weighted by Crippen LogP contribution is -2.47. The minimum atomic E-state index is 0.0535. The molecule has 3 heterocycles. The Kier molecular flexibility index (Phi) is 5.63. The fourth-order valence-corrected chi connectivity index (χ4v) is 4.24. The number of nitrogens with zero attached hydrogens (tertiary/aromatic N) is 3. The molecule has 2 fully saturated rings. The van der Waals surface area contributed by atoms with Crippen molar-refractivity contribution in [3.05, 3.63) is 16.1 Å². The summed E-state index contributed by atoms with van der Waals surface area (Å²) >= 11 is 1.49. The molecule has 1 aromatic heterocycles. The predicted octanol–water partition coefficient (Wildman–Crippen LogP) is 1.47. The van der Waals surface area contributed by atoms with Gasteiger partial charge in [-0.2, -0.15) is 0 Å². The second-order valence-corrected chi connectivity index (χ2v) is 7.10. The first kappa shape index (κ1) is 16.8. The fraction of sp³-hybridized carbons (Fsp3) is 0.750. The fourth-order valence-electron chi connectivity index (χ4n) is 3.50. The van der Waals surface area contributed by atoms with Gasteiger partial charge >= 0.3 is 0 Å². The molecule has 23 heavy (non-hydrogen) atoms. The number of likely N-dealkylation sites (tertiary alicyclic amines) is 1. The van der Waals surface area contributed by atoms with Crippen molar-refractivity contribution in [2.45, 2.75) is 26.0 Å². The van der Waals surface area contributed by atoms with Crippen LogP contribution in [0.5, 0.6) is 0 Å². The predicted molar refractivity (Wildman–Crippen MR) is 88.7 cm³/mol. The topological polar surface area (TPSA) is 54.9 Å². The van der Waals surface area contributed by atoms with Crippen LogP contribution < -0.4 is 0 Å². The van der Waals surface area contributed by atoms with Crippen molar-refractivity contribution in [3.8, 4) is 0 Å². The van der Waals surface area contributed by atoms with Crippen LogP contribution in [0.1, 0.15) is 28.8 Å². The summed E-state index contributed by atoms with van der Waals surface area (Å²) in [5.74, 6) is 0.590. The molecule has 0 saturated carbocycles. The Morgan fingerprint density at radius 1 is 1.43 bits per heavy atom. The van der Waals surface area contributed by atoms with Gasteiger partial charge in [0.2, 0.25) is 0 Å². The van der Waals surface area contributed by atoms with Crippen LogP contribution in [-0.2, 0) is 16.1 Å². The van der Waals surface area contributed by atoms with Gasteiger partial charge in [0.1, 0.15) is 10.7 Å². The Morgan fingerprint density at radius 3 is 2.91 bits per heavy atom. The van der Waals surface area contributed by atoms with E-state index >= 15 is 0 Å². The molecular formula is C16H25N3O3S. The molecular weight excluding hydrogens is 314 g/mol. The standard InChI is InChI=1S/C16H25N3O3S/c1-3-12-8-19(9-14(12)18-4-6-22-7-5-18)16(20)13-11-23-15(17-13)10-21-2/h11-12,14H,3-10H2,1-2H3/t12-,14-/m1/s1. The third-order valence-electron chi connectivity index (χ3n) is 4.77. The second-order valence-electron chi connectivity index (χ2n) is 6.15. The molecule has 128 valence electrons. The Hall–Kier alpha value is -1.02. The van der Waals surface area contributed by atoms with Crippen molar-refractivity contribution in [2.75, 3.05) is 46.5 Å². The number of methoxy groups -OCH3 is 1. The van der Waals surface area contributed by atoms with E-state index in [0.29, 0.717) is 24.3 Å². The van der Waals surface area contributed by atoms with E-state index in [0.717, 1.165) is 50.8 Å². The molecule has 0 aromatic carbocycles. The van der Waals surface area contributed by atoms with Gasteiger partial charge in [-0.05, 0) is 5.92 Å². The van der Waals surface area contributed by atoms with Gasteiger partial charge in [0.15, 0.2) is 0 Å². The minimum absolute atomic E-state index is 0.0535. The molecule has 2 aliphatic rings. The highest BCUT2D eigenvalue weighted by Gasteiger charge is 2.38. The average molecular weight is 339 g/mol. The van der Waals surface area contributed by atoms with E-state index in [1.165, 1.54) is 11.3 Å². The first-order valence-electron chi connectivity index (χ1n) is 8.27. The molecule has 1 aromatic rings. The number of carbonyl (C=O) groups is 1. The van der Waals surface area contributed by atoms with Crippen LogP contribution in [-0.4, -0.2) is 73.2 Å². The second kappa shape index (κ2) is 7.70. The summed E-state index contributed by atoms with van der Waals surface area (Å²) in [7, 11) is 1.64. The zero-order valence-electron chi connectivity index (χ0n) is 13.9. The van der Waals surface area contributed by atoms with Crippen molar-refractivity contribution in [3.63, 3.8) is 0 Å². The molecule has 2 aliphatic heterocycles. The molecule has 0 aliphatic carbocycles. The summed E-state index contributed by atoms with van der Waals surface area (Å²) in [5, 5.41) is 2.70. The highest BCUT2D eigenvalue weighted by atomic mass is 32.1. The van der Waals surface area contributed by atoms with Crippen LogP contribution >= 0.6 is 11.3 Å². The maximum absolute atomic E-state index is 12.7. The monoisotopic (exact) mass is 339 g/mol. The van der Waals surface area contributed by atoms with Gasteiger partial charge in [0, 0.05) is 44.7 Å². The summed E-state index contributed by atoms with van der Waals surface area (Å²) in [6, 6.07) is 0.449. The zero-order valence-corrected chi connectivity index (χ0v) is 14.7. The molecule has 0 unspecified atom stereocenters. The molecule has 2 saturated heterocycles. The molecule has 2 atom stereocenters. The van der Waals surface area contributed by atoms with E-state index in [1.54, 1.807) is 7.11 Å². The molecule has 0 spiro atoms. The normalized spacial score (nSPS) is 25.9. The lowest BCUT2D eigenvalue weighted by Gasteiger charge is -2.34. The van der Waals surface area contributed by atoms with Crippen molar-refractivity contribution >= 4 is 17.2 Å². The van der Waals surface area contributed by atoms with E-state index in [-0.39, 0.29) is 5.91 Å². The number of rotatable bonds is 5. The van der Waals surface area contributed by atoms with E-state index in [1.807, 2.05) is 10.3 Å². The van der Waals surface area contributed by atoms with Gasteiger partial charge in [-0.3, -0.25) is 9.69 Å². The highest BCUT2D eigenvalue weighted by molar-refractivity contribution is 7.09. The van der Waals surface area contributed by atoms with Crippen LogP contribution in [0.2, 0.25) is 0 Å². The van der Waals surface area contributed by atoms with Gasteiger partial charge in [-0.1, -0.05) is 13.3 Å². The molecule has 0 bridgehead atoms. The largest absolute Gasteiger partial charge is 0.379 e. The summed E-state index contributed by atoms with van der Waals surface area (Å²) in [4.78, 5) is 21.6. The number of carbonyl (C=O) groups excluding carboxylic acids is 1. The summed E-state index contributed by atoms with van der Waals surface area (Å²) in [6.45, 7) is 7.84. The van der Waals surface area contributed by atoms with Crippen molar-refractivity contribution in [1.29, 1.82) is 0 Å². The van der Waals surface area contributed by atoms with Gasteiger partial charge in [-0.15, -0.1) is 11.3 Å². The lowest BCUT2D eigenvalue weighted by atomic mass is 9.99. The maximum Gasteiger partial charge on any atom is 0.273 e. The smallest absolute Gasteiger partial charge is 0.273 e. The number of ether oxygens (including phenoxy) is 2.